The van der Waals surface area contributed by atoms with Gasteiger partial charge in [0, 0.05) is 24.8 Å². The molecule has 0 aliphatic rings. The van der Waals surface area contributed by atoms with E-state index in [2.05, 4.69) is 10.4 Å². The Hall–Kier alpha value is -1.75. The van der Waals surface area contributed by atoms with Gasteiger partial charge in [-0.1, -0.05) is 12.1 Å². The lowest BCUT2D eigenvalue weighted by Gasteiger charge is -2.16. The van der Waals surface area contributed by atoms with E-state index in [9.17, 15) is 8.78 Å². The van der Waals surface area contributed by atoms with Crippen molar-refractivity contribution in [2.75, 3.05) is 7.05 Å². The molecule has 0 radical (unpaired) electrons. The first-order chi connectivity index (χ1) is 8.61. The van der Waals surface area contributed by atoms with Crippen LogP contribution < -0.4 is 5.32 Å². The summed E-state index contributed by atoms with van der Waals surface area (Å²) in [6.45, 7) is 0. The summed E-state index contributed by atoms with van der Waals surface area (Å²) in [6.07, 6.45) is 4.15. The highest BCUT2D eigenvalue weighted by molar-refractivity contribution is 5.24. The molecule has 1 N–H and O–H groups in total. The molecule has 96 valence electrons. The topological polar surface area (TPSA) is 29.9 Å². The lowest BCUT2D eigenvalue weighted by Crippen LogP contribution is -2.20. The van der Waals surface area contributed by atoms with Gasteiger partial charge in [0.2, 0.25) is 0 Å². The summed E-state index contributed by atoms with van der Waals surface area (Å²) >= 11 is 0. The monoisotopic (exact) mass is 251 g/mol. The summed E-state index contributed by atoms with van der Waals surface area (Å²) in [7, 11) is 3.55. The van der Waals surface area contributed by atoms with E-state index in [1.807, 2.05) is 13.2 Å². The number of benzene rings is 1. The van der Waals surface area contributed by atoms with Gasteiger partial charge in [-0.3, -0.25) is 4.68 Å². The third kappa shape index (κ3) is 2.56. The zero-order valence-corrected chi connectivity index (χ0v) is 10.3. The predicted octanol–water partition coefficient (Wildman–Crippen LogP) is 2.20. The molecule has 0 saturated heterocycles. The minimum absolute atomic E-state index is 0.273. The molecular formula is C13H15F2N3. The Bertz CT molecular complexity index is 537. The second kappa shape index (κ2) is 5.27. The molecule has 3 nitrogen and oxygen atoms in total. The third-order valence-electron chi connectivity index (χ3n) is 2.90. The first-order valence-corrected chi connectivity index (χ1v) is 5.70. The lowest BCUT2D eigenvalue weighted by molar-refractivity contribution is 0.473. The maximum Gasteiger partial charge on any atom is 0.163 e. The van der Waals surface area contributed by atoms with Crippen LogP contribution in [0.1, 0.15) is 17.2 Å². The summed E-state index contributed by atoms with van der Waals surface area (Å²) in [5.74, 6) is -1.61. The average Bonchev–Trinajstić information content (AvgIpc) is 2.76. The van der Waals surface area contributed by atoms with Crippen molar-refractivity contribution in [1.82, 2.24) is 15.1 Å². The molecule has 5 heteroatoms. The van der Waals surface area contributed by atoms with E-state index in [1.165, 1.54) is 6.07 Å². The molecule has 1 unspecified atom stereocenters. The normalized spacial score (nSPS) is 12.7. The van der Waals surface area contributed by atoms with E-state index in [4.69, 9.17) is 0 Å². The van der Waals surface area contributed by atoms with Crippen molar-refractivity contribution in [3.05, 3.63) is 53.4 Å². The SMILES string of the molecule is CNC(Cc1cnn(C)c1)c1cccc(F)c1F. The minimum Gasteiger partial charge on any atom is -0.313 e. The highest BCUT2D eigenvalue weighted by Gasteiger charge is 2.17. The van der Waals surface area contributed by atoms with Crippen LogP contribution in [0.4, 0.5) is 8.78 Å². The smallest absolute Gasteiger partial charge is 0.163 e. The zero-order valence-electron chi connectivity index (χ0n) is 10.3. The zero-order chi connectivity index (χ0) is 13.1. The van der Waals surface area contributed by atoms with Crippen molar-refractivity contribution >= 4 is 0 Å². The summed E-state index contributed by atoms with van der Waals surface area (Å²) in [4.78, 5) is 0. The Morgan fingerprint density at radius 1 is 1.39 bits per heavy atom. The quantitative estimate of drug-likeness (QED) is 0.902. The Balaban J connectivity index is 2.25. The molecule has 0 aliphatic carbocycles. The van der Waals surface area contributed by atoms with Gasteiger partial charge < -0.3 is 5.32 Å². The first kappa shape index (κ1) is 12.7. The molecule has 18 heavy (non-hydrogen) atoms. The van der Waals surface area contributed by atoms with Gasteiger partial charge in [0.25, 0.3) is 0 Å². The van der Waals surface area contributed by atoms with Crippen molar-refractivity contribution < 1.29 is 8.78 Å². The first-order valence-electron chi connectivity index (χ1n) is 5.70. The van der Waals surface area contributed by atoms with Crippen LogP contribution >= 0.6 is 0 Å². The predicted molar refractivity (Wildman–Crippen MR) is 65.1 cm³/mol. The van der Waals surface area contributed by atoms with Gasteiger partial charge in [0.1, 0.15) is 0 Å². The van der Waals surface area contributed by atoms with Crippen molar-refractivity contribution in [3.8, 4) is 0 Å². The van der Waals surface area contributed by atoms with E-state index in [-0.39, 0.29) is 6.04 Å². The standard InChI is InChI=1S/C13H15F2N3/c1-16-12(6-9-7-17-18(2)8-9)10-4-3-5-11(14)13(10)15/h3-5,7-8,12,16H,6H2,1-2H3. The number of hydrogen-bond acceptors (Lipinski definition) is 2. The van der Waals surface area contributed by atoms with E-state index in [0.717, 1.165) is 11.6 Å². The number of rotatable bonds is 4. The van der Waals surface area contributed by atoms with Crippen LogP contribution in [0, 0.1) is 11.6 Å². The van der Waals surface area contributed by atoms with Gasteiger partial charge in [0.05, 0.1) is 6.20 Å². The summed E-state index contributed by atoms with van der Waals surface area (Å²) in [5.41, 5.74) is 1.31. The van der Waals surface area contributed by atoms with Gasteiger partial charge in [-0.2, -0.15) is 5.10 Å². The van der Waals surface area contributed by atoms with Crippen LogP contribution in [0.15, 0.2) is 30.6 Å². The molecular weight excluding hydrogens is 236 g/mol. The van der Waals surface area contributed by atoms with E-state index in [1.54, 1.807) is 24.0 Å². The minimum atomic E-state index is -0.820. The molecule has 0 bridgehead atoms. The number of aryl methyl sites for hydroxylation is 1. The van der Waals surface area contributed by atoms with Crippen molar-refractivity contribution in [3.63, 3.8) is 0 Å². The Kier molecular flexibility index (Phi) is 3.72. The van der Waals surface area contributed by atoms with Crippen LogP contribution in [-0.2, 0) is 13.5 Å². The molecule has 0 fully saturated rings. The van der Waals surface area contributed by atoms with Gasteiger partial charge in [0.15, 0.2) is 11.6 Å². The van der Waals surface area contributed by atoms with Gasteiger partial charge >= 0.3 is 0 Å². The van der Waals surface area contributed by atoms with Gasteiger partial charge in [-0.25, -0.2) is 8.78 Å². The van der Waals surface area contributed by atoms with Crippen molar-refractivity contribution in [1.29, 1.82) is 0 Å². The van der Waals surface area contributed by atoms with Crippen LogP contribution in [0.5, 0.6) is 0 Å². The maximum atomic E-state index is 13.7. The summed E-state index contributed by atoms with van der Waals surface area (Å²) in [6, 6.07) is 3.96. The lowest BCUT2D eigenvalue weighted by atomic mass is 10.0. The van der Waals surface area contributed by atoms with E-state index < -0.39 is 11.6 Å². The molecule has 2 aromatic rings. The second-order valence-corrected chi connectivity index (χ2v) is 4.21. The summed E-state index contributed by atoms with van der Waals surface area (Å²) < 4.78 is 28.6. The largest absolute Gasteiger partial charge is 0.313 e. The Morgan fingerprint density at radius 3 is 2.78 bits per heavy atom. The van der Waals surface area contributed by atoms with Crippen LogP contribution in [0.3, 0.4) is 0 Å². The van der Waals surface area contributed by atoms with Crippen LogP contribution in [-0.4, -0.2) is 16.8 Å². The fourth-order valence-electron chi connectivity index (χ4n) is 1.97. The van der Waals surface area contributed by atoms with E-state index >= 15 is 0 Å². The highest BCUT2D eigenvalue weighted by atomic mass is 19.2. The molecule has 0 aliphatic heterocycles. The molecule has 1 aromatic carbocycles. The Morgan fingerprint density at radius 2 is 2.17 bits per heavy atom. The molecule has 1 atom stereocenters. The van der Waals surface area contributed by atoms with Crippen molar-refractivity contribution in [2.45, 2.75) is 12.5 Å². The average molecular weight is 251 g/mol. The number of nitrogens with zero attached hydrogens (tertiary/aromatic N) is 2. The highest BCUT2D eigenvalue weighted by Crippen LogP contribution is 2.22. The molecule has 2 rings (SSSR count). The van der Waals surface area contributed by atoms with E-state index in [0.29, 0.717) is 12.0 Å². The van der Waals surface area contributed by atoms with Crippen LogP contribution in [0.2, 0.25) is 0 Å². The number of nitrogens with one attached hydrogen (secondary N) is 1. The number of hydrogen-bond donors (Lipinski definition) is 1. The number of likely N-dealkylation sites (N-methyl/N-ethyl adjacent to an activating group) is 1. The Labute approximate surface area is 104 Å². The summed E-state index contributed by atoms with van der Waals surface area (Å²) in [5, 5.41) is 7.06. The number of aromatic nitrogens is 2. The molecule has 1 aromatic heterocycles. The second-order valence-electron chi connectivity index (χ2n) is 4.21. The molecule has 0 saturated carbocycles. The number of halogens is 2. The van der Waals surface area contributed by atoms with Crippen molar-refractivity contribution in [2.24, 2.45) is 7.05 Å². The molecule has 1 heterocycles. The molecule has 0 spiro atoms. The van der Waals surface area contributed by atoms with Crippen LogP contribution in [0.25, 0.3) is 0 Å². The maximum absolute atomic E-state index is 13.7. The van der Waals surface area contributed by atoms with Gasteiger partial charge in [-0.05, 0) is 25.1 Å². The molecule has 0 amide bonds. The fourth-order valence-corrected chi connectivity index (χ4v) is 1.97. The van der Waals surface area contributed by atoms with Gasteiger partial charge in [-0.15, -0.1) is 0 Å². The third-order valence-corrected chi connectivity index (χ3v) is 2.90. The fraction of sp³-hybridized carbons (Fsp3) is 0.308.